The number of fused-ring (bicyclic) bond motifs is 1. The Morgan fingerprint density at radius 2 is 1.72 bits per heavy atom. The summed E-state index contributed by atoms with van der Waals surface area (Å²) < 4.78 is 38.4. The van der Waals surface area contributed by atoms with Gasteiger partial charge in [0.1, 0.15) is 23.0 Å². The third-order valence-electron chi connectivity index (χ3n) is 4.98. The van der Waals surface area contributed by atoms with E-state index >= 15 is 0 Å². The summed E-state index contributed by atoms with van der Waals surface area (Å²) in [6.45, 7) is 3.12. The van der Waals surface area contributed by atoms with Crippen LogP contribution in [0.2, 0.25) is 0 Å². The quantitative estimate of drug-likeness (QED) is 0.397. The monoisotopic (exact) mass is 435 g/mol. The first-order valence-electron chi connectivity index (χ1n) is 9.89. The summed E-state index contributed by atoms with van der Waals surface area (Å²) in [5, 5.41) is 3.21. The fraction of sp³-hybridized carbons (Fsp3) is 0.120. The molecule has 4 rings (SSSR count). The molecule has 1 aromatic heterocycles. The number of carbonyl (C=O) groups is 2. The van der Waals surface area contributed by atoms with Crippen molar-refractivity contribution in [2.75, 3.05) is 5.32 Å². The molecule has 1 amide bonds. The highest BCUT2D eigenvalue weighted by Crippen LogP contribution is 2.33. The number of ether oxygens (including phenoxy) is 1. The maximum absolute atomic E-state index is 14.0. The molecule has 0 aliphatic heterocycles. The Hall–Kier alpha value is -4.00. The highest BCUT2D eigenvalue weighted by atomic mass is 19.1. The molecule has 1 heterocycles. The van der Waals surface area contributed by atoms with Crippen LogP contribution in [0.15, 0.2) is 71.1 Å². The number of furan rings is 1. The molecule has 0 aliphatic carbocycles. The van der Waals surface area contributed by atoms with Gasteiger partial charge in [-0.15, -0.1) is 0 Å². The molecule has 1 N–H and O–H groups in total. The van der Waals surface area contributed by atoms with E-state index in [0.29, 0.717) is 22.3 Å². The van der Waals surface area contributed by atoms with E-state index in [0.717, 1.165) is 6.07 Å². The molecule has 162 valence electrons. The first-order valence-corrected chi connectivity index (χ1v) is 9.89. The number of amides is 1. The van der Waals surface area contributed by atoms with Crippen molar-refractivity contribution in [3.63, 3.8) is 0 Å². The molecule has 0 radical (unpaired) electrons. The van der Waals surface area contributed by atoms with Gasteiger partial charge in [0, 0.05) is 10.9 Å². The zero-order valence-corrected chi connectivity index (χ0v) is 17.3. The zero-order chi connectivity index (χ0) is 22.8. The van der Waals surface area contributed by atoms with Gasteiger partial charge in [0.25, 0.3) is 5.91 Å². The summed E-state index contributed by atoms with van der Waals surface area (Å²) >= 11 is 0. The number of para-hydroxylation sites is 1. The van der Waals surface area contributed by atoms with Crippen molar-refractivity contribution in [3.8, 4) is 5.75 Å². The average Bonchev–Trinajstić information content (AvgIpc) is 3.15. The Morgan fingerprint density at radius 1 is 1.00 bits per heavy atom. The molecular weight excluding hydrogens is 416 g/mol. The SMILES string of the molecule is Cc1ccc(C(=O)c2oc3ccccc3c2NC(=O)C(C)Oc2ccc(F)cc2)cc1F. The minimum Gasteiger partial charge on any atom is -0.481 e. The van der Waals surface area contributed by atoms with Crippen LogP contribution < -0.4 is 10.1 Å². The summed E-state index contributed by atoms with van der Waals surface area (Å²) in [7, 11) is 0. The highest BCUT2D eigenvalue weighted by Gasteiger charge is 2.26. The molecule has 3 aromatic carbocycles. The normalized spacial score (nSPS) is 11.9. The molecule has 0 fully saturated rings. The van der Waals surface area contributed by atoms with Crippen LogP contribution in [0.4, 0.5) is 14.5 Å². The molecule has 32 heavy (non-hydrogen) atoms. The smallest absolute Gasteiger partial charge is 0.265 e. The molecular formula is C25H19F2NO4. The maximum Gasteiger partial charge on any atom is 0.265 e. The van der Waals surface area contributed by atoms with Crippen LogP contribution in [-0.4, -0.2) is 17.8 Å². The standard InChI is InChI=1S/C25H19F2NO4/c1-14-7-8-16(13-20(14)27)23(29)24-22(19-5-3-4-6-21(19)32-24)28-25(30)15(2)31-18-11-9-17(26)10-12-18/h3-13,15H,1-2H3,(H,28,30). The van der Waals surface area contributed by atoms with Crippen molar-refractivity contribution in [3.05, 3.63) is 95.3 Å². The van der Waals surface area contributed by atoms with Crippen LogP contribution in [0.25, 0.3) is 11.0 Å². The van der Waals surface area contributed by atoms with Crippen molar-refractivity contribution < 1.29 is 27.5 Å². The van der Waals surface area contributed by atoms with Gasteiger partial charge >= 0.3 is 0 Å². The number of hydrogen-bond acceptors (Lipinski definition) is 4. The van der Waals surface area contributed by atoms with Crippen molar-refractivity contribution in [2.45, 2.75) is 20.0 Å². The van der Waals surface area contributed by atoms with E-state index in [2.05, 4.69) is 5.32 Å². The third-order valence-corrected chi connectivity index (χ3v) is 4.98. The number of aryl methyl sites for hydroxylation is 1. The van der Waals surface area contributed by atoms with Gasteiger partial charge in [-0.2, -0.15) is 0 Å². The van der Waals surface area contributed by atoms with Crippen molar-refractivity contribution >= 4 is 28.3 Å². The van der Waals surface area contributed by atoms with Crippen LogP contribution in [0, 0.1) is 18.6 Å². The molecule has 1 unspecified atom stereocenters. The number of halogens is 2. The molecule has 4 aromatic rings. The van der Waals surface area contributed by atoms with Gasteiger partial charge in [-0.1, -0.05) is 24.3 Å². The van der Waals surface area contributed by atoms with E-state index in [1.807, 2.05) is 0 Å². The topological polar surface area (TPSA) is 68.5 Å². The first kappa shape index (κ1) is 21.2. The lowest BCUT2D eigenvalue weighted by atomic mass is 10.0. The van der Waals surface area contributed by atoms with Gasteiger partial charge in [0.2, 0.25) is 5.78 Å². The molecule has 7 heteroatoms. The lowest BCUT2D eigenvalue weighted by Gasteiger charge is -2.15. The minimum absolute atomic E-state index is 0.0956. The predicted molar refractivity (Wildman–Crippen MR) is 116 cm³/mol. The second-order valence-corrected chi connectivity index (χ2v) is 7.30. The summed E-state index contributed by atoms with van der Waals surface area (Å²) in [5.41, 5.74) is 1.07. The van der Waals surface area contributed by atoms with Crippen LogP contribution in [-0.2, 0) is 4.79 Å². The lowest BCUT2D eigenvalue weighted by molar-refractivity contribution is -0.122. The van der Waals surface area contributed by atoms with Crippen LogP contribution >= 0.6 is 0 Å². The number of ketones is 1. The number of nitrogens with one attached hydrogen (secondary N) is 1. The fourth-order valence-electron chi connectivity index (χ4n) is 3.19. The average molecular weight is 435 g/mol. The van der Waals surface area contributed by atoms with Gasteiger partial charge in [0.05, 0.1) is 5.69 Å². The molecule has 0 bridgehead atoms. The van der Waals surface area contributed by atoms with Gasteiger partial charge in [-0.3, -0.25) is 9.59 Å². The molecule has 0 saturated carbocycles. The van der Waals surface area contributed by atoms with Gasteiger partial charge in [-0.25, -0.2) is 8.78 Å². The van der Waals surface area contributed by atoms with Crippen LogP contribution in [0.5, 0.6) is 5.75 Å². The molecule has 1 atom stereocenters. The number of rotatable bonds is 6. The van der Waals surface area contributed by atoms with E-state index in [-0.39, 0.29) is 17.0 Å². The van der Waals surface area contributed by atoms with E-state index < -0.39 is 29.4 Å². The van der Waals surface area contributed by atoms with Crippen molar-refractivity contribution in [1.29, 1.82) is 0 Å². The maximum atomic E-state index is 14.0. The molecule has 0 saturated heterocycles. The number of anilines is 1. The number of carbonyl (C=O) groups excluding carboxylic acids is 2. The van der Waals surface area contributed by atoms with E-state index in [4.69, 9.17) is 9.15 Å². The van der Waals surface area contributed by atoms with Gasteiger partial charge < -0.3 is 14.5 Å². The third kappa shape index (κ3) is 4.23. The van der Waals surface area contributed by atoms with E-state index in [1.165, 1.54) is 43.3 Å². The number of benzene rings is 3. The van der Waals surface area contributed by atoms with Crippen LogP contribution in [0.3, 0.4) is 0 Å². The zero-order valence-electron chi connectivity index (χ0n) is 17.3. The minimum atomic E-state index is -0.950. The Balaban J connectivity index is 1.65. The second-order valence-electron chi connectivity index (χ2n) is 7.30. The predicted octanol–water partition coefficient (Wildman–Crippen LogP) is 5.66. The molecule has 0 aliphatic rings. The highest BCUT2D eigenvalue weighted by molar-refractivity contribution is 6.17. The summed E-state index contributed by atoms with van der Waals surface area (Å²) in [6.07, 6.45) is -0.950. The Labute approximate surface area is 182 Å². The fourth-order valence-corrected chi connectivity index (χ4v) is 3.19. The number of hydrogen-bond donors (Lipinski definition) is 1. The van der Waals surface area contributed by atoms with Gasteiger partial charge in [-0.05, 0) is 61.9 Å². The molecule has 0 spiro atoms. The summed E-state index contributed by atoms with van der Waals surface area (Å²) in [5.74, 6) is -1.84. The van der Waals surface area contributed by atoms with E-state index in [1.54, 1.807) is 31.2 Å². The first-order chi connectivity index (χ1) is 15.3. The summed E-state index contributed by atoms with van der Waals surface area (Å²) in [4.78, 5) is 25.9. The largest absolute Gasteiger partial charge is 0.481 e. The van der Waals surface area contributed by atoms with Gasteiger partial charge in [0.15, 0.2) is 11.9 Å². The second kappa shape index (κ2) is 8.63. The van der Waals surface area contributed by atoms with Crippen molar-refractivity contribution in [1.82, 2.24) is 0 Å². The Bertz CT molecular complexity index is 1310. The Morgan fingerprint density at radius 3 is 2.44 bits per heavy atom. The lowest BCUT2D eigenvalue weighted by Crippen LogP contribution is -2.30. The van der Waals surface area contributed by atoms with Crippen molar-refractivity contribution in [2.24, 2.45) is 0 Å². The van der Waals surface area contributed by atoms with Crippen LogP contribution in [0.1, 0.15) is 28.6 Å². The Kier molecular flexibility index (Phi) is 5.73. The summed E-state index contributed by atoms with van der Waals surface area (Å²) in [6, 6.07) is 16.2. The molecule has 5 nitrogen and oxygen atoms in total. The van der Waals surface area contributed by atoms with E-state index in [9.17, 15) is 18.4 Å².